The van der Waals surface area contributed by atoms with E-state index in [4.69, 9.17) is 0 Å². The molecular weight excluding hydrogens is 312 g/mol. The number of nitrogens with one attached hydrogen (secondary N) is 2. The van der Waals surface area contributed by atoms with Crippen LogP contribution in [-0.4, -0.2) is 45.3 Å². The number of carbonyl (C=O) groups is 3. The summed E-state index contributed by atoms with van der Waals surface area (Å²) in [6.45, 7) is 0.683. The Bertz CT molecular complexity index is 864. The zero-order valence-corrected chi connectivity index (χ0v) is 13.3. The third kappa shape index (κ3) is 2.94. The molecule has 1 fully saturated rings. The number of hydrogen-bond donors (Lipinski definition) is 2. The highest BCUT2D eigenvalue weighted by Crippen LogP contribution is 2.13. The van der Waals surface area contributed by atoms with Gasteiger partial charge in [0.15, 0.2) is 0 Å². The van der Waals surface area contributed by atoms with Crippen LogP contribution < -0.4 is 11.0 Å². The Hall–Kier alpha value is -2.90. The first-order valence-corrected chi connectivity index (χ1v) is 7.77. The second kappa shape index (κ2) is 6.31. The third-order valence-corrected chi connectivity index (χ3v) is 4.17. The Balaban J connectivity index is 1.56. The Kier molecular flexibility index (Phi) is 4.20. The Morgan fingerprint density at radius 1 is 1.21 bits per heavy atom. The molecule has 24 heavy (non-hydrogen) atoms. The van der Waals surface area contributed by atoms with Gasteiger partial charge in [0.2, 0.25) is 11.8 Å². The lowest BCUT2D eigenvalue weighted by Gasteiger charge is -2.13. The normalized spacial score (nSPS) is 14.6. The Morgan fingerprint density at radius 2 is 1.92 bits per heavy atom. The molecule has 1 aliphatic heterocycles. The molecule has 0 aliphatic carbocycles. The molecule has 2 aromatic rings. The van der Waals surface area contributed by atoms with Crippen molar-refractivity contribution in [3.8, 4) is 0 Å². The molecule has 3 amide bonds. The van der Waals surface area contributed by atoms with Crippen molar-refractivity contribution in [3.05, 3.63) is 34.2 Å². The van der Waals surface area contributed by atoms with Crippen LogP contribution in [0.4, 0.5) is 0 Å². The van der Waals surface area contributed by atoms with Gasteiger partial charge in [0.25, 0.3) is 5.91 Å². The van der Waals surface area contributed by atoms with Gasteiger partial charge in [-0.2, -0.15) is 0 Å². The quantitative estimate of drug-likeness (QED) is 0.601. The van der Waals surface area contributed by atoms with Gasteiger partial charge in [-0.25, -0.2) is 4.79 Å². The number of rotatable bonds is 5. The SMILES string of the molecule is Cn1c(=O)[nH]c2cc(C(=O)NCCCN3C(=O)CCC3=O)ccc21. The fourth-order valence-electron chi connectivity index (χ4n) is 2.79. The Labute approximate surface area is 137 Å². The summed E-state index contributed by atoms with van der Waals surface area (Å²) in [5.74, 6) is -0.560. The van der Waals surface area contributed by atoms with E-state index in [2.05, 4.69) is 10.3 Å². The number of likely N-dealkylation sites (tertiary alicyclic amines) is 1. The largest absolute Gasteiger partial charge is 0.352 e. The molecule has 0 unspecified atom stereocenters. The zero-order valence-electron chi connectivity index (χ0n) is 13.3. The molecule has 126 valence electrons. The molecule has 2 heterocycles. The van der Waals surface area contributed by atoms with Gasteiger partial charge in [0, 0.05) is 38.5 Å². The number of imidazole rings is 1. The van der Waals surface area contributed by atoms with Crippen molar-refractivity contribution < 1.29 is 14.4 Å². The number of H-pyrrole nitrogens is 1. The predicted octanol–water partition coefficient (Wildman–Crippen LogP) is 0.135. The molecule has 2 N–H and O–H groups in total. The van der Waals surface area contributed by atoms with Crippen molar-refractivity contribution in [2.45, 2.75) is 19.3 Å². The maximum atomic E-state index is 12.1. The van der Waals surface area contributed by atoms with Crippen molar-refractivity contribution in [3.63, 3.8) is 0 Å². The van der Waals surface area contributed by atoms with Gasteiger partial charge in [-0.05, 0) is 24.6 Å². The summed E-state index contributed by atoms with van der Waals surface area (Å²) in [7, 11) is 1.65. The number of aromatic nitrogens is 2. The minimum absolute atomic E-state index is 0.148. The van der Waals surface area contributed by atoms with Crippen LogP contribution >= 0.6 is 0 Å². The molecule has 1 aromatic heterocycles. The van der Waals surface area contributed by atoms with E-state index >= 15 is 0 Å². The van der Waals surface area contributed by atoms with Crippen molar-refractivity contribution in [1.29, 1.82) is 0 Å². The van der Waals surface area contributed by atoms with Gasteiger partial charge in [-0.15, -0.1) is 0 Å². The third-order valence-electron chi connectivity index (χ3n) is 4.17. The van der Waals surface area contributed by atoms with Crippen LogP contribution in [-0.2, 0) is 16.6 Å². The summed E-state index contributed by atoms with van der Waals surface area (Å²) >= 11 is 0. The van der Waals surface area contributed by atoms with Crippen LogP contribution in [0.15, 0.2) is 23.0 Å². The standard InChI is InChI=1S/C16H18N4O4/c1-19-12-4-3-10(9-11(12)18-16(19)24)15(23)17-7-2-8-20-13(21)5-6-14(20)22/h3-4,9H,2,5-8H2,1H3,(H,17,23)(H,18,24). The van der Waals surface area contributed by atoms with E-state index in [-0.39, 0.29) is 36.3 Å². The van der Waals surface area contributed by atoms with E-state index < -0.39 is 0 Å². The summed E-state index contributed by atoms with van der Waals surface area (Å²) in [5.41, 5.74) is 1.53. The maximum Gasteiger partial charge on any atom is 0.326 e. The van der Waals surface area contributed by atoms with Crippen LogP contribution in [0.3, 0.4) is 0 Å². The lowest BCUT2D eigenvalue weighted by atomic mass is 10.2. The number of hydrogen-bond acceptors (Lipinski definition) is 4. The molecule has 1 aromatic carbocycles. The number of aromatic amines is 1. The van der Waals surface area contributed by atoms with E-state index in [0.717, 1.165) is 5.52 Å². The molecule has 0 atom stereocenters. The molecule has 1 saturated heterocycles. The molecular formula is C16H18N4O4. The van der Waals surface area contributed by atoms with Gasteiger partial charge in [-0.3, -0.25) is 23.9 Å². The van der Waals surface area contributed by atoms with Crippen LogP contribution in [0.1, 0.15) is 29.6 Å². The highest BCUT2D eigenvalue weighted by molar-refractivity contribution is 6.02. The number of carbonyl (C=O) groups excluding carboxylic acids is 3. The van der Waals surface area contributed by atoms with E-state index in [1.54, 1.807) is 25.2 Å². The molecule has 3 rings (SSSR count). The van der Waals surface area contributed by atoms with Crippen molar-refractivity contribution in [1.82, 2.24) is 19.8 Å². The van der Waals surface area contributed by atoms with Crippen LogP contribution in [0.2, 0.25) is 0 Å². The van der Waals surface area contributed by atoms with Gasteiger partial charge < -0.3 is 10.3 Å². The average molecular weight is 330 g/mol. The van der Waals surface area contributed by atoms with Crippen LogP contribution in [0.5, 0.6) is 0 Å². The highest BCUT2D eigenvalue weighted by Gasteiger charge is 2.27. The minimum atomic E-state index is -0.263. The summed E-state index contributed by atoms with van der Waals surface area (Å²) in [6, 6.07) is 4.99. The monoisotopic (exact) mass is 330 g/mol. The lowest BCUT2D eigenvalue weighted by Crippen LogP contribution is -2.33. The lowest BCUT2D eigenvalue weighted by molar-refractivity contribution is -0.138. The van der Waals surface area contributed by atoms with Gasteiger partial charge in [0.05, 0.1) is 11.0 Å². The van der Waals surface area contributed by atoms with Crippen molar-refractivity contribution in [2.75, 3.05) is 13.1 Å². The van der Waals surface area contributed by atoms with Crippen LogP contribution in [0, 0.1) is 0 Å². The molecule has 0 spiro atoms. The van der Waals surface area contributed by atoms with Crippen LogP contribution in [0.25, 0.3) is 11.0 Å². The second-order valence-electron chi connectivity index (χ2n) is 5.77. The molecule has 0 saturated carbocycles. The van der Waals surface area contributed by atoms with E-state index in [1.807, 2.05) is 0 Å². The molecule has 8 heteroatoms. The summed E-state index contributed by atoms with van der Waals surface area (Å²) in [6.07, 6.45) is 1.06. The predicted molar refractivity (Wildman–Crippen MR) is 86.4 cm³/mol. The Morgan fingerprint density at radius 3 is 2.62 bits per heavy atom. The topological polar surface area (TPSA) is 104 Å². The van der Waals surface area contributed by atoms with E-state index in [0.29, 0.717) is 30.6 Å². The molecule has 8 nitrogen and oxygen atoms in total. The number of amides is 3. The summed E-state index contributed by atoms with van der Waals surface area (Å²) < 4.78 is 1.47. The first kappa shape index (κ1) is 16.0. The summed E-state index contributed by atoms with van der Waals surface area (Å²) in [5, 5.41) is 2.75. The fraction of sp³-hybridized carbons (Fsp3) is 0.375. The minimum Gasteiger partial charge on any atom is -0.352 e. The van der Waals surface area contributed by atoms with Crippen molar-refractivity contribution >= 4 is 28.8 Å². The fourth-order valence-corrected chi connectivity index (χ4v) is 2.79. The summed E-state index contributed by atoms with van der Waals surface area (Å²) in [4.78, 5) is 50.6. The number of fused-ring (bicyclic) bond motifs is 1. The first-order valence-electron chi connectivity index (χ1n) is 7.77. The smallest absolute Gasteiger partial charge is 0.326 e. The number of imide groups is 1. The van der Waals surface area contributed by atoms with Gasteiger partial charge >= 0.3 is 5.69 Å². The molecule has 0 bridgehead atoms. The molecule has 0 radical (unpaired) electrons. The van der Waals surface area contributed by atoms with Gasteiger partial charge in [-0.1, -0.05) is 0 Å². The number of benzene rings is 1. The van der Waals surface area contributed by atoms with Gasteiger partial charge in [0.1, 0.15) is 0 Å². The molecule has 1 aliphatic rings. The zero-order chi connectivity index (χ0) is 17.3. The van der Waals surface area contributed by atoms with Crippen molar-refractivity contribution in [2.24, 2.45) is 7.05 Å². The van der Waals surface area contributed by atoms with E-state index in [1.165, 1.54) is 9.47 Å². The highest BCUT2D eigenvalue weighted by atomic mass is 16.2. The average Bonchev–Trinajstić information content (AvgIpc) is 3.03. The first-order chi connectivity index (χ1) is 11.5. The van der Waals surface area contributed by atoms with E-state index in [9.17, 15) is 19.2 Å². The number of aryl methyl sites for hydroxylation is 1. The second-order valence-corrected chi connectivity index (χ2v) is 5.77. The maximum absolute atomic E-state index is 12.1. The number of nitrogens with zero attached hydrogens (tertiary/aromatic N) is 2.